The Kier molecular flexibility index (Phi) is 6.13. The van der Waals surface area contributed by atoms with Crippen LogP contribution < -0.4 is 10.1 Å². The number of nitrogens with one attached hydrogen (secondary N) is 1. The van der Waals surface area contributed by atoms with Crippen LogP contribution in [-0.4, -0.2) is 12.7 Å². The van der Waals surface area contributed by atoms with Crippen LogP contribution in [0.2, 0.25) is 0 Å². The molecule has 2 aromatic carbocycles. The summed E-state index contributed by atoms with van der Waals surface area (Å²) in [6, 6.07) is 8.59. The summed E-state index contributed by atoms with van der Waals surface area (Å²) in [6.45, 7) is 5.45. The molecule has 0 aromatic heterocycles. The summed E-state index contributed by atoms with van der Waals surface area (Å²) >= 11 is 0. The van der Waals surface area contributed by atoms with Crippen molar-refractivity contribution in [2.45, 2.75) is 33.6 Å². The van der Waals surface area contributed by atoms with Gasteiger partial charge in [0.1, 0.15) is 12.4 Å². The SMILES string of the molecule is CCOC(=O)Nc1ccc(C(F)(F)F)cc1COc1ccc(C)cc1C. The van der Waals surface area contributed by atoms with Gasteiger partial charge in [-0.05, 0) is 50.6 Å². The molecule has 0 bridgehead atoms. The number of alkyl halides is 3. The van der Waals surface area contributed by atoms with Crippen LogP contribution in [0.5, 0.6) is 5.75 Å². The molecule has 2 rings (SSSR count). The minimum Gasteiger partial charge on any atom is -0.489 e. The average molecular weight is 367 g/mol. The zero-order valence-electron chi connectivity index (χ0n) is 14.7. The van der Waals surface area contributed by atoms with Crippen LogP contribution in [0.15, 0.2) is 36.4 Å². The molecule has 1 amide bonds. The van der Waals surface area contributed by atoms with Gasteiger partial charge < -0.3 is 9.47 Å². The Morgan fingerprint density at radius 3 is 2.46 bits per heavy atom. The number of anilines is 1. The van der Waals surface area contributed by atoms with Gasteiger partial charge in [0.05, 0.1) is 17.9 Å². The van der Waals surface area contributed by atoms with Gasteiger partial charge in [0.15, 0.2) is 0 Å². The lowest BCUT2D eigenvalue weighted by molar-refractivity contribution is -0.137. The van der Waals surface area contributed by atoms with Gasteiger partial charge in [0.2, 0.25) is 0 Å². The lowest BCUT2D eigenvalue weighted by Gasteiger charge is -2.16. The number of rotatable bonds is 5. The Balaban J connectivity index is 2.28. The first-order valence-corrected chi connectivity index (χ1v) is 8.04. The average Bonchev–Trinajstić information content (AvgIpc) is 2.54. The molecule has 0 aliphatic heterocycles. The number of amides is 1. The van der Waals surface area contributed by atoms with E-state index in [9.17, 15) is 18.0 Å². The summed E-state index contributed by atoms with van der Waals surface area (Å²) in [5.41, 5.74) is 1.52. The number of carbonyl (C=O) groups excluding carboxylic acids is 1. The maximum atomic E-state index is 13.0. The topological polar surface area (TPSA) is 47.6 Å². The maximum Gasteiger partial charge on any atom is 0.416 e. The van der Waals surface area contributed by atoms with Crippen LogP contribution in [0.4, 0.5) is 23.7 Å². The van der Waals surface area contributed by atoms with Gasteiger partial charge in [0.25, 0.3) is 0 Å². The Hall–Kier alpha value is -2.70. The van der Waals surface area contributed by atoms with Crippen molar-refractivity contribution in [3.05, 3.63) is 58.7 Å². The van der Waals surface area contributed by atoms with E-state index in [1.807, 2.05) is 26.0 Å². The largest absolute Gasteiger partial charge is 0.489 e. The fourth-order valence-corrected chi connectivity index (χ4v) is 2.41. The predicted molar refractivity (Wildman–Crippen MR) is 92.3 cm³/mol. The van der Waals surface area contributed by atoms with Crippen molar-refractivity contribution in [1.82, 2.24) is 0 Å². The smallest absolute Gasteiger partial charge is 0.416 e. The molecule has 140 valence electrons. The summed E-state index contributed by atoms with van der Waals surface area (Å²) in [7, 11) is 0. The standard InChI is InChI=1S/C19H20F3NO3/c1-4-25-18(24)23-16-7-6-15(19(20,21)22)10-14(16)11-26-17-8-5-12(2)9-13(17)3/h5-10H,4,11H2,1-3H3,(H,23,24). The molecule has 26 heavy (non-hydrogen) atoms. The normalized spacial score (nSPS) is 11.2. The molecule has 0 fully saturated rings. The highest BCUT2D eigenvalue weighted by molar-refractivity contribution is 5.85. The highest BCUT2D eigenvalue weighted by Crippen LogP contribution is 2.32. The fourth-order valence-electron chi connectivity index (χ4n) is 2.41. The fraction of sp³-hybridized carbons (Fsp3) is 0.316. The molecular weight excluding hydrogens is 347 g/mol. The summed E-state index contributed by atoms with van der Waals surface area (Å²) in [5, 5.41) is 2.44. The van der Waals surface area contributed by atoms with Crippen LogP contribution in [-0.2, 0) is 17.5 Å². The van der Waals surface area contributed by atoms with E-state index in [1.54, 1.807) is 13.0 Å². The van der Waals surface area contributed by atoms with Crippen LogP contribution in [0.25, 0.3) is 0 Å². The van der Waals surface area contributed by atoms with Gasteiger partial charge in [-0.25, -0.2) is 4.79 Å². The third kappa shape index (κ3) is 5.15. The zero-order valence-corrected chi connectivity index (χ0v) is 14.7. The van der Waals surface area contributed by atoms with Crippen LogP contribution in [0.3, 0.4) is 0 Å². The first-order chi connectivity index (χ1) is 12.2. The Morgan fingerprint density at radius 2 is 1.85 bits per heavy atom. The van der Waals surface area contributed by atoms with E-state index in [4.69, 9.17) is 9.47 Å². The van der Waals surface area contributed by atoms with Crippen molar-refractivity contribution in [1.29, 1.82) is 0 Å². The molecule has 0 aliphatic rings. The van der Waals surface area contributed by atoms with Crippen molar-refractivity contribution in [2.24, 2.45) is 0 Å². The van der Waals surface area contributed by atoms with E-state index in [0.717, 1.165) is 23.3 Å². The van der Waals surface area contributed by atoms with Crippen LogP contribution >= 0.6 is 0 Å². The summed E-state index contributed by atoms with van der Waals surface area (Å²) in [5.74, 6) is 0.565. The Morgan fingerprint density at radius 1 is 1.12 bits per heavy atom. The molecule has 0 saturated carbocycles. The molecule has 0 spiro atoms. The van der Waals surface area contributed by atoms with Gasteiger partial charge >= 0.3 is 12.3 Å². The second kappa shape index (κ2) is 8.12. The number of carbonyl (C=O) groups is 1. The molecular formula is C19H20F3NO3. The number of aryl methyl sites for hydroxylation is 2. The van der Waals surface area contributed by atoms with Crippen LogP contribution in [0.1, 0.15) is 29.2 Å². The molecule has 4 nitrogen and oxygen atoms in total. The van der Waals surface area contributed by atoms with Gasteiger partial charge in [0, 0.05) is 5.56 Å². The molecule has 1 N–H and O–H groups in total. The molecule has 0 aliphatic carbocycles. The predicted octanol–water partition coefficient (Wildman–Crippen LogP) is 5.47. The number of ether oxygens (including phenoxy) is 2. The lowest BCUT2D eigenvalue weighted by Crippen LogP contribution is -2.16. The third-order valence-electron chi connectivity index (χ3n) is 3.66. The number of hydrogen-bond donors (Lipinski definition) is 1. The highest BCUT2D eigenvalue weighted by atomic mass is 19.4. The van der Waals surface area contributed by atoms with Gasteiger partial charge in [-0.3, -0.25) is 5.32 Å². The molecule has 0 saturated heterocycles. The highest BCUT2D eigenvalue weighted by Gasteiger charge is 2.31. The zero-order chi connectivity index (χ0) is 19.3. The lowest BCUT2D eigenvalue weighted by atomic mass is 10.1. The van der Waals surface area contributed by atoms with E-state index in [0.29, 0.717) is 5.75 Å². The third-order valence-corrected chi connectivity index (χ3v) is 3.66. The first kappa shape index (κ1) is 19.6. The second-order valence-electron chi connectivity index (χ2n) is 5.77. The van der Waals surface area contributed by atoms with Crippen molar-refractivity contribution >= 4 is 11.8 Å². The number of benzene rings is 2. The second-order valence-corrected chi connectivity index (χ2v) is 5.77. The first-order valence-electron chi connectivity index (χ1n) is 8.04. The summed E-state index contributed by atoms with van der Waals surface area (Å²) in [6.07, 6.45) is -5.23. The monoisotopic (exact) mass is 367 g/mol. The van der Waals surface area contributed by atoms with Crippen molar-refractivity contribution < 1.29 is 27.4 Å². The van der Waals surface area contributed by atoms with Crippen LogP contribution in [0, 0.1) is 13.8 Å². The summed E-state index contributed by atoms with van der Waals surface area (Å²) in [4.78, 5) is 11.6. The van der Waals surface area contributed by atoms with E-state index >= 15 is 0 Å². The maximum absolute atomic E-state index is 13.0. The minimum absolute atomic E-state index is 0.129. The number of hydrogen-bond acceptors (Lipinski definition) is 3. The van der Waals surface area contributed by atoms with Crippen molar-refractivity contribution in [3.63, 3.8) is 0 Å². The van der Waals surface area contributed by atoms with E-state index in [2.05, 4.69) is 5.32 Å². The Labute approximate surface area is 149 Å². The minimum atomic E-state index is -4.49. The summed E-state index contributed by atoms with van der Waals surface area (Å²) < 4.78 is 49.5. The van der Waals surface area contributed by atoms with Gasteiger partial charge in [-0.2, -0.15) is 13.2 Å². The van der Waals surface area contributed by atoms with E-state index in [1.165, 1.54) is 6.07 Å². The van der Waals surface area contributed by atoms with Gasteiger partial charge in [-0.1, -0.05) is 17.7 Å². The van der Waals surface area contributed by atoms with Crippen molar-refractivity contribution in [3.8, 4) is 5.75 Å². The quantitative estimate of drug-likeness (QED) is 0.762. The molecule has 0 heterocycles. The molecule has 0 atom stereocenters. The number of halogens is 3. The molecule has 0 unspecified atom stereocenters. The van der Waals surface area contributed by atoms with E-state index in [-0.39, 0.29) is 24.5 Å². The van der Waals surface area contributed by atoms with Crippen molar-refractivity contribution in [2.75, 3.05) is 11.9 Å². The molecule has 2 aromatic rings. The molecule has 7 heteroatoms. The van der Waals surface area contributed by atoms with Gasteiger partial charge in [-0.15, -0.1) is 0 Å². The van der Waals surface area contributed by atoms with E-state index < -0.39 is 17.8 Å². The Bertz CT molecular complexity index is 788. The molecule has 0 radical (unpaired) electrons.